The summed E-state index contributed by atoms with van der Waals surface area (Å²) in [6, 6.07) is 4.16. The molecule has 4 aliphatic rings. The van der Waals surface area contributed by atoms with Gasteiger partial charge in [-0.3, -0.25) is 4.79 Å². The topological polar surface area (TPSA) is 93.6 Å². The second kappa shape index (κ2) is 11.3. The largest absolute Gasteiger partial charge is 0.493 e. The molecule has 9 atom stereocenters. The number of ether oxygens (including phenoxy) is 2. The molecule has 42 heavy (non-hydrogen) atoms. The maximum atomic E-state index is 11.3. The molecule has 4 saturated carbocycles. The predicted octanol–water partition coefficient (Wildman–Crippen LogP) is 8.24. The molecule has 5 unspecified atom stereocenters. The van der Waals surface area contributed by atoms with Crippen molar-refractivity contribution in [1.82, 2.24) is 9.97 Å². The highest BCUT2D eigenvalue weighted by Crippen LogP contribution is 2.68. The second-order valence-electron chi connectivity index (χ2n) is 14.5. The number of nitrogens with zero attached hydrogens (tertiary/aromatic N) is 2. The van der Waals surface area contributed by atoms with E-state index in [0.717, 1.165) is 53.7 Å². The number of aliphatic carboxylic acids is 1. The summed E-state index contributed by atoms with van der Waals surface area (Å²) in [5.74, 6) is 5.68. The Morgan fingerprint density at radius 3 is 2.48 bits per heavy atom. The van der Waals surface area contributed by atoms with Crippen LogP contribution in [-0.4, -0.2) is 41.3 Å². The predicted molar refractivity (Wildman–Crippen MR) is 166 cm³/mol. The van der Waals surface area contributed by atoms with Crippen LogP contribution in [0.2, 0.25) is 5.28 Å². The van der Waals surface area contributed by atoms with Gasteiger partial charge in [0.1, 0.15) is 5.82 Å². The summed E-state index contributed by atoms with van der Waals surface area (Å²) < 4.78 is 11.1. The Bertz CT molecular complexity index is 1340. The number of hydrogen-bond donors (Lipinski definition) is 2. The van der Waals surface area contributed by atoms with E-state index in [0.29, 0.717) is 52.5 Å². The smallest absolute Gasteiger partial charge is 0.303 e. The third-order valence-electron chi connectivity index (χ3n) is 12.8. The first-order chi connectivity index (χ1) is 20.1. The fourth-order valence-corrected chi connectivity index (χ4v) is 10.8. The summed E-state index contributed by atoms with van der Waals surface area (Å²) in [5.41, 5.74) is 1.50. The average molecular weight is 598 g/mol. The maximum absolute atomic E-state index is 11.3. The number of anilines is 1. The minimum absolute atomic E-state index is 0.232. The van der Waals surface area contributed by atoms with E-state index in [1.54, 1.807) is 14.2 Å². The lowest BCUT2D eigenvalue weighted by molar-refractivity contribution is -0.137. The lowest BCUT2D eigenvalue weighted by atomic mass is 9.44. The number of methoxy groups -OCH3 is 2. The SMILES string of the molecule is COc1cc2nc(Cl)nc(N[C@@H]3CC[C@]4(C)C5CC[C@]6(C)C(C(C)CCC(=O)O)CCC6C5CC[C@@H]4C3)c2cc1OC. The number of aromatic nitrogens is 2. The van der Waals surface area contributed by atoms with Crippen LogP contribution >= 0.6 is 11.6 Å². The Labute approximate surface area is 255 Å². The summed E-state index contributed by atoms with van der Waals surface area (Å²) in [6.45, 7) is 7.50. The van der Waals surface area contributed by atoms with Crippen molar-refractivity contribution in [2.45, 2.75) is 97.4 Å². The monoisotopic (exact) mass is 597 g/mol. The molecule has 4 fully saturated rings. The van der Waals surface area contributed by atoms with Gasteiger partial charge >= 0.3 is 5.97 Å². The molecule has 0 bridgehead atoms. The second-order valence-corrected chi connectivity index (χ2v) is 14.8. The molecule has 0 spiro atoms. The van der Waals surface area contributed by atoms with Crippen LogP contribution < -0.4 is 14.8 Å². The molecule has 4 aliphatic carbocycles. The molecule has 2 N–H and O–H groups in total. The van der Waals surface area contributed by atoms with Crippen LogP contribution in [0.15, 0.2) is 12.1 Å². The first-order valence-corrected chi connectivity index (χ1v) is 16.5. The van der Waals surface area contributed by atoms with Crippen LogP contribution in [0.1, 0.15) is 91.4 Å². The Hall–Kier alpha value is -2.28. The molecule has 230 valence electrons. The molecular weight excluding hydrogens is 550 g/mol. The first kappa shape index (κ1) is 29.8. The highest BCUT2D eigenvalue weighted by atomic mass is 35.5. The Balaban J connectivity index is 1.17. The van der Waals surface area contributed by atoms with Crippen molar-refractivity contribution in [2.75, 3.05) is 19.5 Å². The molecule has 6 rings (SSSR count). The van der Waals surface area contributed by atoms with E-state index >= 15 is 0 Å². The molecule has 0 radical (unpaired) electrons. The van der Waals surface area contributed by atoms with Crippen molar-refractivity contribution >= 4 is 34.3 Å². The zero-order chi connectivity index (χ0) is 29.8. The van der Waals surface area contributed by atoms with E-state index in [-0.39, 0.29) is 5.28 Å². The van der Waals surface area contributed by atoms with E-state index in [1.165, 1.54) is 44.9 Å². The molecule has 1 aromatic carbocycles. The van der Waals surface area contributed by atoms with Gasteiger partial charge in [-0.2, -0.15) is 0 Å². The molecule has 2 aromatic rings. The van der Waals surface area contributed by atoms with Gasteiger partial charge in [-0.15, -0.1) is 0 Å². The van der Waals surface area contributed by atoms with Crippen molar-refractivity contribution in [3.63, 3.8) is 0 Å². The number of carbonyl (C=O) groups is 1. The van der Waals surface area contributed by atoms with Crippen LogP contribution in [0.5, 0.6) is 11.5 Å². The van der Waals surface area contributed by atoms with Crippen LogP contribution in [-0.2, 0) is 4.79 Å². The third-order valence-corrected chi connectivity index (χ3v) is 12.9. The van der Waals surface area contributed by atoms with Gasteiger partial charge < -0.3 is 19.9 Å². The quantitative estimate of drug-likeness (QED) is 0.296. The number of carboxylic acids is 1. The number of fused-ring (bicyclic) bond motifs is 6. The lowest BCUT2D eigenvalue weighted by Crippen LogP contribution is -2.54. The summed E-state index contributed by atoms with van der Waals surface area (Å²) >= 11 is 6.38. The first-order valence-electron chi connectivity index (χ1n) is 16.1. The van der Waals surface area contributed by atoms with Gasteiger partial charge in [0.25, 0.3) is 0 Å². The van der Waals surface area contributed by atoms with Crippen molar-refractivity contribution in [1.29, 1.82) is 0 Å². The number of benzene rings is 1. The molecule has 7 nitrogen and oxygen atoms in total. The summed E-state index contributed by atoms with van der Waals surface area (Å²) in [4.78, 5) is 20.3. The van der Waals surface area contributed by atoms with Crippen molar-refractivity contribution in [2.24, 2.45) is 46.3 Å². The normalized spacial score (nSPS) is 36.4. The molecule has 0 saturated heterocycles. The summed E-state index contributed by atoms with van der Waals surface area (Å²) in [7, 11) is 3.27. The van der Waals surface area contributed by atoms with Gasteiger partial charge in [0, 0.05) is 23.9 Å². The minimum Gasteiger partial charge on any atom is -0.493 e. The highest BCUT2D eigenvalue weighted by Gasteiger charge is 2.60. The number of nitrogens with one attached hydrogen (secondary N) is 1. The fraction of sp³-hybridized carbons (Fsp3) is 0.735. The van der Waals surface area contributed by atoms with Crippen LogP contribution in [0.3, 0.4) is 0 Å². The Morgan fingerprint density at radius 2 is 1.74 bits per heavy atom. The van der Waals surface area contributed by atoms with Crippen LogP contribution in [0.25, 0.3) is 10.9 Å². The van der Waals surface area contributed by atoms with Crippen LogP contribution in [0, 0.1) is 46.3 Å². The molecular formula is C34H48ClN3O4. The van der Waals surface area contributed by atoms with E-state index in [9.17, 15) is 9.90 Å². The average Bonchev–Trinajstić information content (AvgIpc) is 3.32. The zero-order valence-electron chi connectivity index (χ0n) is 25.9. The van der Waals surface area contributed by atoms with Crippen molar-refractivity contribution in [3.8, 4) is 11.5 Å². The number of rotatable bonds is 8. The number of halogens is 1. The molecule has 0 amide bonds. The molecule has 8 heteroatoms. The van der Waals surface area contributed by atoms with Gasteiger partial charge in [0.15, 0.2) is 11.5 Å². The van der Waals surface area contributed by atoms with E-state index in [1.807, 2.05) is 12.1 Å². The molecule has 0 aliphatic heterocycles. The van der Waals surface area contributed by atoms with Crippen molar-refractivity contribution in [3.05, 3.63) is 17.4 Å². The lowest BCUT2D eigenvalue weighted by Gasteiger charge is -2.61. The minimum atomic E-state index is -0.655. The zero-order valence-corrected chi connectivity index (χ0v) is 26.7. The Morgan fingerprint density at radius 1 is 1.02 bits per heavy atom. The number of hydrogen-bond acceptors (Lipinski definition) is 6. The molecule has 1 heterocycles. The standard InChI is InChI=1S/C34H48ClN3O4/c1-19(6-11-30(39)40)24-9-10-25-22-8-7-20-16-21(12-14-33(20,2)26(22)13-15-34(24,25)3)36-31-23-17-28(41-4)29(42-5)18-27(23)37-32(35)38-31/h17-22,24-26H,6-16H2,1-5H3,(H,39,40)(H,36,37,38)/t19?,20-,21-,22?,24?,25?,26?,33+,34-/m1/s1. The van der Waals surface area contributed by atoms with Gasteiger partial charge in [-0.1, -0.05) is 20.8 Å². The van der Waals surface area contributed by atoms with E-state index < -0.39 is 5.97 Å². The van der Waals surface area contributed by atoms with Gasteiger partial charge in [-0.05, 0) is 128 Å². The van der Waals surface area contributed by atoms with E-state index in [2.05, 4.69) is 36.1 Å². The third kappa shape index (κ3) is 5.01. The number of carboxylic acid groups (broad SMARTS) is 1. The van der Waals surface area contributed by atoms with Crippen molar-refractivity contribution < 1.29 is 19.4 Å². The summed E-state index contributed by atoms with van der Waals surface area (Å²) in [6.07, 6.45) is 12.5. The van der Waals surface area contributed by atoms with Gasteiger partial charge in [-0.25, -0.2) is 9.97 Å². The van der Waals surface area contributed by atoms with Crippen LogP contribution in [0.4, 0.5) is 5.82 Å². The van der Waals surface area contributed by atoms with Gasteiger partial charge in [0.05, 0.1) is 19.7 Å². The fourth-order valence-electron chi connectivity index (χ4n) is 10.6. The van der Waals surface area contributed by atoms with Gasteiger partial charge in [0.2, 0.25) is 5.28 Å². The Kier molecular flexibility index (Phi) is 8.04. The maximum Gasteiger partial charge on any atom is 0.303 e. The summed E-state index contributed by atoms with van der Waals surface area (Å²) in [5, 5.41) is 14.2. The molecule has 1 aromatic heterocycles. The van der Waals surface area contributed by atoms with E-state index in [4.69, 9.17) is 21.1 Å². The highest BCUT2D eigenvalue weighted by molar-refractivity contribution is 6.28.